The van der Waals surface area contributed by atoms with Crippen molar-refractivity contribution < 1.29 is 4.79 Å². The average molecular weight is 354 g/mol. The molecule has 0 fully saturated rings. The molecule has 3 heteroatoms. The number of rotatable bonds is 4. The van der Waals surface area contributed by atoms with Crippen LogP contribution in [0.5, 0.6) is 0 Å². The normalized spacial score (nSPS) is 10.2. The maximum absolute atomic E-state index is 12.0. The number of hydrogen-bond acceptors (Lipinski definition) is 1. The molecule has 0 radical (unpaired) electrons. The van der Waals surface area contributed by atoms with Crippen LogP contribution >= 0.6 is 15.9 Å². The first-order valence-electron chi connectivity index (χ1n) is 5.22. The number of hydrogen-bond donors (Lipinski definition) is 0. The molecule has 2 rings (SSSR count). The van der Waals surface area contributed by atoms with Gasteiger partial charge in [-0.25, -0.2) is 0 Å². The van der Waals surface area contributed by atoms with E-state index in [4.69, 9.17) is 0 Å². The first-order valence-corrected chi connectivity index (χ1v) is 8.08. The molecular weight excluding hydrogens is 343 g/mol. The predicted octanol–water partition coefficient (Wildman–Crippen LogP) is 3.08. The molecule has 0 aromatic heterocycles. The summed E-state index contributed by atoms with van der Waals surface area (Å²) >= 11 is 3.60. The van der Waals surface area contributed by atoms with Crippen LogP contribution in [0.4, 0.5) is 0 Å². The molecule has 17 heavy (non-hydrogen) atoms. The summed E-state index contributed by atoms with van der Waals surface area (Å²) in [4.78, 5) is 12.0. The van der Waals surface area contributed by atoms with E-state index in [-0.39, 0.29) is 20.7 Å². The van der Waals surface area contributed by atoms with Gasteiger partial charge in [-0.05, 0) is 0 Å². The Hall–Kier alpha value is -0.891. The Kier molecular flexibility index (Phi) is 4.55. The minimum absolute atomic E-state index is 0.218. The van der Waals surface area contributed by atoms with Crippen LogP contribution in [0.1, 0.15) is 10.4 Å². The van der Waals surface area contributed by atoms with E-state index in [0.717, 1.165) is 10.0 Å². The Labute approximate surface area is 116 Å². The molecule has 86 valence electrons. The summed E-state index contributed by atoms with van der Waals surface area (Å²) in [5, 5.41) is 0.619. The fraction of sp³-hybridized carbons (Fsp3) is 0.0714. The Morgan fingerprint density at radius 3 is 2.53 bits per heavy atom. The fourth-order valence-corrected chi connectivity index (χ4v) is 3.52. The van der Waals surface area contributed by atoms with E-state index >= 15 is 0 Å². The van der Waals surface area contributed by atoms with Crippen molar-refractivity contribution >= 4 is 41.1 Å². The number of ketones is 1. The zero-order valence-corrected chi connectivity index (χ0v) is 12.4. The van der Waals surface area contributed by atoms with E-state index in [0.29, 0.717) is 5.32 Å². The quantitative estimate of drug-likeness (QED) is 0.609. The van der Waals surface area contributed by atoms with Crippen LogP contribution in [0.2, 0.25) is 5.32 Å². The van der Waals surface area contributed by atoms with Gasteiger partial charge in [-0.2, -0.15) is 0 Å². The molecule has 2 aromatic carbocycles. The Balaban J connectivity index is 1.98. The molecule has 0 spiro atoms. The SMILES string of the molecule is O=C(C[Se]c1ccccc1)c1cccc(Br)c1. The first-order chi connectivity index (χ1) is 8.25. The molecule has 0 heterocycles. The topological polar surface area (TPSA) is 17.1 Å². The Morgan fingerprint density at radius 2 is 1.82 bits per heavy atom. The van der Waals surface area contributed by atoms with Crippen molar-refractivity contribution in [2.45, 2.75) is 5.32 Å². The van der Waals surface area contributed by atoms with E-state index in [9.17, 15) is 4.79 Å². The summed E-state index contributed by atoms with van der Waals surface area (Å²) < 4.78 is 2.22. The zero-order valence-electron chi connectivity index (χ0n) is 9.10. The second-order valence-electron chi connectivity index (χ2n) is 3.54. The van der Waals surface area contributed by atoms with Gasteiger partial charge in [0, 0.05) is 0 Å². The third-order valence-electron chi connectivity index (χ3n) is 2.26. The van der Waals surface area contributed by atoms with E-state index < -0.39 is 0 Å². The van der Waals surface area contributed by atoms with Gasteiger partial charge in [0.15, 0.2) is 0 Å². The summed E-state index contributed by atoms with van der Waals surface area (Å²) in [6, 6.07) is 17.8. The number of carbonyl (C=O) groups excluding carboxylic acids is 1. The molecule has 0 saturated heterocycles. The summed E-state index contributed by atoms with van der Waals surface area (Å²) in [6.07, 6.45) is 0. The van der Waals surface area contributed by atoms with Crippen LogP contribution < -0.4 is 4.46 Å². The first kappa shape index (κ1) is 12.6. The van der Waals surface area contributed by atoms with Crippen molar-refractivity contribution in [3.63, 3.8) is 0 Å². The van der Waals surface area contributed by atoms with Gasteiger partial charge in [-0.3, -0.25) is 0 Å². The van der Waals surface area contributed by atoms with E-state index in [2.05, 4.69) is 28.1 Å². The van der Waals surface area contributed by atoms with Crippen molar-refractivity contribution in [2.24, 2.45) is 0 Å². The van der Waals surface area contributed by atoms with Gasteiger partial charge in [0.2, 0.25) is 0 Å². The van der Waals surface area contributed by atoms with Gasteiger partial charge in [0.25, 0.3) is 0 Å². The van der Waals surface area contributed by atoms with Crippen LogP contribution in [0.3, 0.4) is 0 Å². The van der Waals surface area contributed by atoms with E-state index in [1.807, 2.05) is 42.5 Å². The molecule has 1 nitrogen and oxygen atoms in total. The van der Waals surface area contributed by atoms with Gasteiger partial charge in [-0.15, -0.1) is 0 Å². The van der Waals surface area contributed by atoms with Crippen LogP contribution in [0.25, 0.3) is 0 Å². The van der Waals surface area contributed by atoms with Crippen LogP contribution in [-0.2, 0) is 0 Å². The van der Waals surface area contributed by atoms with E-state index in [1.54, 1.807) is 0 Å². The number of Topliss-reactive ketones (excluding diaryl/α,β-unsaturated/α-hetero) is 1. The van der Waals surface area contributed by atoms with E-state index in [1.165, 1.54) is 4.46 Å². The standard InChI is InChI=1S/C14H11BrOSe/c15-12-6-4-5-11(9-12)14(16)10-17-13-7-2-1-3-8-13/h1-9H,10H2. The van der Waals surface area contributed by atoms with Crippen molar-refractivity contribution in [1.29, 1.82) is 0 Å². The fourth-order valence-electron chi connectivity index (χ4n) is 1.41. The molecule has 0 unspecified atom stereocenters. The summed E-state index contributed by atoms with van der Waals surface area (Å²) in [6.45, 7) is 0. The predicted molar refractivity (Wildman–Crippen MR) is 75.1 cm³/mol. The Morgan fingerprint density at radius 1 is 1.06 bits per heavy atom. The second kappa shape index (κ2) is 6.15. The minimum atomic E-state index is 0.218. The Bertz CT molecular complexity index is 511. The summed E-state index contributed by atoms with van der Waals surface area (Å²) in [7, 11) is 0. The monoisotopic (exact) mass is 354 g/mol. The molecule has 0 saturated carbocycles. The second-order valence-corrected chi connectivity index (χ2v) is 6.65. The maximum atomic E-state index is 12.0. The molecule has 2 aromatic rings. The molecule has 0 N–H and O–H groups in total. The van der Waals surface area contributed by atoms with Gasteiger partial charge >= 0.3 is 116 Å². The van der Waals surface area contributed by atoms with Crippen LogP contribution in [0.15, 0.2) is 59.1 Å². The van der Waals surface area contributed by atoms with Crippen molar-refractivity contribution in [3.8, 4) is 0 Å². The number of carbonyl (C=O) groups is 1. The molecule has 0 aliphatic carbocycles. The van der Waals surface area contributed by atoms with Gasteiger partial charge in [0.1, 0.15) is 0 Å². The molecular formula is C14H11BrOSe. The van der Waals surface area contributed by atoms with Gasteiger partial charge in [0.05, 0.1) is 0 Å². The molecule has 0 aliphatic heterocycles. The number of halogens is 1. The molecule has 0 bridgehead atoms. The summed E-state index contributed by atoms with van der Waals surface area (Å²) in [5.74, 6) is 0.218. The third-order valence-corrected chi connectivity index (χ3v) is 4.88. The van der Waals surface area contributed by atoms with Crippen molar-refractivity contribution in [3.05, 3.63) is 64.6 Å². The average Bonchev–Trinajstić information content (AvgIpc) is 2.37. The summed E-state index contributed by atoms with van der Waals surface area (Å²) in [5.41, 5.74) is 0.789. The zero-order chi connectivity index (χ0) is 12.1. The third kappa shape index (κ3) is 3.81. The van der Waals surface area contributed by atoms with Gasteiger partial charge in [-0.1, -0.05) is 0 Å². The molecule has 0 amide bonds. The molecule has 0 aliphatic rings. The molecule has 0 atom stereocenters. The van der Waals surface area contributed by atoms with Crippen LogP contribution in [-0.4, -0.2) is 20.7 Å². The van der Waals surface area contributed by atoms with Crippen LogP contribution in [0, 0.1) is 0 Å². The van der Waals surface area contributed by atoms with Crippen molar-refractivity contribution in [2.75, 3.05) is 0 Å². The van der Waals surface area contributed by atoms with Crippen molar-refractivity contribution in [1.82, 2.24) is 0 Å². The van der Waals surface area contributed by atoms with Gasteiger partial charge < -0.3 is 0 Å². The number of benzene rings is 2.